The van der Waals surface area contributed by atoms with Crippen molar-refractivity contribution in [1.82, 2.24) is 10.2 Å². The topological polar surface area (TPSA) is 60.0 Å². The summed E-state index contributed by atoms with van der Waals surface area (Å²) in [4.78, 5) is 13.0. The number of rotatable bonds is 7. The highest BCUT2D eigenvalue weighted by Crippen LogP contribution is 2.34. The maximum absolute atomic E-state index is 11.5. The minimum atomic E-state index is 0.0180. The molecule has 6 nitrogen and oxygen atoms in total. The van der Waals surface area contributed by atoms with Crippen molar-refractivity contribution in [3.8, 4) is 17.2 Å². The van der Waals surface area contributed by atoms with E-state index in [0.29, 0.717) is 23.8 Å². The van der Waals surface area contributed by atoms with Crippen LogP contribution in [0, 0.1) is 0 Å². The fraction of sp³-hybridized carbons (Fsp3) is 0.500. The third kappa shape index (κ3) is 4.03. The van der Waals surface area contributed by atoms with Crippen LogP contribution in [0.4, 0.5) is 0 Å². The van der Waals surface area contributed by atoms with Crippen molar-refractivity contribution < 1.29 is 19.0 Å². The zero-order valence-corrected chi connectivity index (χ0v) is 12.6. The van der Waals surface area contributed by atoms with Crippen molar-refractivity contribution >= 4 is 5.91 Å². The molecule has 0 atom stereocenters. The van der Waals surface area contributed by atoms with Gasteiger partial charge in [0.05, 0.1) is 27.9 Å². The fourth-order valence-corrected chi connectivity index (χ4v) is 1.69. The Hall–Kier alpha value is -1.95. The van der Waals surface area contributed by atoms with Crippen LogP contribution in [-0.2, 0) is 11.3 Å². The zero-order chi connectivity index (χ0) is 15.1. The molecule has 0 radical (unpaired) electrons. The first-order chi connectivity index (χ1) is 9.53. The summed E-state index contributed by atoms with van der Waals surface area (Å²) in [5.74, 6) is 1.94. The maximum Gasteiger partial charge on any atom is 0.236 e. The summed E-state index contributed by atoms with van der Waals surface area (Å²) in [6, 6.07) is 3.61. The van der Waals surface area contributed by atoms with Gasteiger partial charge in [0, 0.05) is 32.3 Å². The highest BCUT2D eigenvalue weighted by molar-refractivity contribution is 5.77. The van der Waals surface area contributed by atoms with Gasteiger partial charge < -0.3 is 24.4 Å². The van der Waals surface area contributed by atoms with Crippen LogP contribution >= 0.6 is 0 Å². The lowest BCUT2D eigenvalue weighted by Crippen LogP contribution is -2.32. The molecule has 0 saturated heterocycles. The molecule has 0 bridgehead atoms. The van der Waals surface area contributed by atoms with Gasteiger partial charge in [-0.15, -0.1) is 0 Å². The minimum absolute atomic E-state index is 0.0180. The molecule has 1 aromatic rings. The predicted molar refractivity (Wildman–Crippen MR) is 76.5 cm³/mol. The molecular weight excluding hydrogens is 260 g/mol. The Kier molecular flexibility index (Phi) is 6.11. The van der Waals surface area contributed by atoms with E-state index in [0.717, 1.165) is 5.56 Å². The van der Waals surface area contributed by atoms with Crippen LogP contribution in [0.3, 0.4) is 0 Å². The van der Waals surface area contributed by atoms with Crippen molar-refractivity contribution in [2.24, 2.45) is 0 Å². The van der Waals surface area contributed by atoms with Crippen molar-refractivity contribution in [3.63, 3.8) is 0 Å². The summed E-state index contributed by atoms with van der Waals surface area (Å²) in [5.41, 5.74) is 0.900. The molecule has 0 fully saturated rings. The van der Waals surface area contributed by atoms with Gasteiger partial charge in [-0.3, -0.25) is 4.79 Å². The fourth-order valence-electron chi connectivity index (χ4n) is 1.69. The van der Waals surface area contributed by atoms with Gasteiger partial charge in [0.1, 0.15) is 5.75 Å². The van der Waals surface area contributed by atoms with Gasteiger partial charge in [-0.1, -0.05) is 0 Å². The van der Waals surface area contributed by atoms with E-state index in [4.69, 9.17) is 14.2 Å². The highest BCUT2D eigenvalue weighted by atomic mass is 16.5. The molecule has 0 aliphatic carbocycles. The minimum Gasteiger partial charge on any atom is -0.496 e. The Morgan fingerprint density at radius 1 is 1.05 bits per heavy atom. The van der Waals surface area contributed by atoms with Crippen molar-refractivity contribution in [3.05, 3.63) is 17.7 Å². The van der Waals surface area contributed by atoms with Crippen LogP contribution in [0.15, 0.2) is 12.1 Å². The number of hydrogen-bond donors (Lipinski definition) is 1. The van der Waals surface area contributed by atoms with Crippen LogP contribution in [0.1, 0.15) is 5.56 Å². The van der Waals surface area contributed by atoms with Gasteiger partial charge in [-0.05, 0) is 6.07 Å². The molecule has 1 rings (SSSR count). The molecule has 0 saturated carbocycles. The van der Waals surface area contributed by atoms with Crippen molar-refractivity contribution in [2.45, 2.75) is 6.54 Å². The summed E-state index contributed by atoms with van der Waals surface area (Å²) in [5, 5.41) is 3.08. The summed E-state index contributed by atoms with van der Waals surface area (Å²) in [7, 11) is 8.19. The molecule has 0 aromatic heterocycles. The Morgan fingerprint density at radius 3 is 2.10 bits per heavy atom. The van der Waals surface area contributed by atoms with Gasteiger partial charge in [-0.25, -0.2) is 0 Å². The molecule has 0 heterocycles. The number of carbonyl (C=O) groups is 1. The quantitative estimate of drug-likeness (QED) is 0.805. The van der Waals surface area contributed by atoms with Gasteiger partial charge in [0.2, 0.25) is 5.91 Å². The number of benzene rings is 1. The first kappa shape index (κ1) is 16.1. The molecule has 0 aliphatic rings. The Balaban J connectivity index is 2.80. The first-order valence-electron chi connectivity index (χ1n) is 6.23. The average molecular weight is 282 g/mol. The number of hydrogen-bond acceptors (Lipinski definition) is 5. The number of amides is 1. The second-order valence-corrected chi connectivity index (χ2v) is 4.41. The largest absolute Gasteiger partial charge is 0.496 e. The summed E-state index contributed by atoms with van der Waals surface area (Å²) < 4.78 is 15.8. The molecule has 1 N–H and O–H groups in total. The first-order valence-corrected chi connectivity index (χ1v) is 6.23. The number of ether oxygens (including phenoxy) is 3. The number of nitrogens with one attached hydrogen (secondary N) is 1. The predicted octanol–water partition coefficient (Wildman–Crippen LogP) is 0.890. The zero-order valence-electron chi connectivity index (χ0n) is 12.6. The van der Waals surface area contributed by atoms with Crippen LogP contribution in [-0.4, -0.2) is 52.8 Å². The summed E-state index contributed by atoms with van der Waals surface area (Å²) >= 11 is 0. The number of carbonyl (C=O) groups excluding carboxylic acids is 1. The van der Waals surface area contributed by atoms with E-state index >= 15 is 0 Å². The van der Waals surface area contributed by atoms with Gasteiger partial charge in [0.15, 0.2) is 11.5 Å². The van der Waals surface area contributed by atoms with Gasteiger partial charge in [0.25, 0.3) is 0 Å². The summed E-state index contributed by atoms with van der Waals surface area (Å²) in [6.45, 7) is 0.771. The average Bonchev–Trinajstić information content (AvgIpc) is 2.46. The molecule has 112 valence electrons. The number of nitrogens with zero attached hydrogens (tertiary/aromatic N) is 1. The Labute approximate surface area is 119 Å². The molecule has 0 aliphatic heterocycles. The second-order valence-electron chi connectivity index (χ2n) is 4.41. The van der Waals surface area contributed by atoms with E-state index in [1.165, 1.54) is 0 Å². The molecule has 0 spiro atoms. The van der Waals surface area contributed by atoms with Crippen LogP contribution in [0.25, 0.3) is 0 Å². The van der Waals surface area contributed by atoms with E-state index in [1.54, 1.807) is 46.4 Å². The van der Waals surface area contributed by atoms with E-state index in [-0.39, 0.29) is 12.5 Å². The van der Waals surface area contributed by atoms with E-state index < -0.39 is 0 Å². The van der Waals surface area contributed by atoms with Crippen molar-refractivity contribution in [1.29, 1.82) is 0 Å². The molecule has 1 aromatic carbocycles. The van der Waals surface area contributed by atoms with Crippen LogP contribution in [0.5, 0.6) is 17.2 Å². The monoisotopic (exact) mass is 282 g/mol. The lowest BCUT2D eigenvalue weighted by Gasteiger charge is -2.15. The lowest BCUT2D eigenvalue weighted by molar-refractivity contribution is -0.127. The summed E-state index contributed by atoms with van der Waals surface area (Å²) in [6.07, 6.45) is 0. The maximum atomic E-state index is 11.5. The van der Waals surface area contributed by atoms with E-state index in [9.17, 15) is 4.79 Å². The highest BCUT2D eigenvalue weighted by Gasteiger charge is 2.12. The smallest absolute Gasteiger partial charge is 0.236 e. The van der Waals surface area contributed by atoms with E-state index in [2.05, 4.69) is 5.32 Å². The Morgan fingerprint density at radius 2 is 1.60 bits per heavy atom. The van der Waals surface area contributed by atoms with E-state index in [1.807, 2.05) is 6.07 Å². The Bertz CT molecular complexity index is 461. The third-order valence-corrected chi connectivity index (χ3v) is 2.88. The van der Waals surface area contributed by atoms with Gasteiger partial charge >= 0.3 is 0 Å². The second kappa shape index (κ2) is 7.59. The van der Waals surface area contributed by atoms with Crippen molar-refractivity contribution in [2.75, 3.05) is 42.0 Å². The molecule has 1 amide bonds. The molecule has 0 unspecified atom stereocenters. The molecular formula is C14H22N2O4. The third-order valence-electron chi connectivity index (χ3n) is 2.88. The van der Waals surface area contributed by atoms with Crippen LogP contribution in [0.2, 0.25) is 0 Å². The van der Waals surface area contributed by atoms with Gasteiger partial charge in [-0.2, -0.15) is 0 Å². The normalized spacial score (nSPS) is 10.1. The lowest BCUT2D eigenvalue weighted by atomic mass is 10.1. The van der Waals surface area contributed by atoms with Crippen LogP contribution < -0.4 is 19.5 Å². The molecule has 20 heavy (non-hydrogen) atoms. The molecule has 6 heteroatoms. The number of likely N-dealkylation sites (N-methyl/N-ethyl adjacent to an activating group) is 1. The standard InChI is InChI=1S/C14H22N2O4/c1-16(2)14(17)9-15-8-10-6-12(19-4)13(20-5)7-11(10)18-3/h6-7,15H,8-9H2,1-5H3. The SMILES string of the molecule is COc1cc(OC)c(OC)cc1CNCC(=O)N(C)C. The number of methoxy groups -OCH3 is 3.